The first-order valence-corrected chi connectivity index (χ1v) is 8.21. The lowest BCUT2D eigenvalue weighted by molar-refractivity contribution is 0.0667. The zero-order valence-electron chi connectivity index (χ0n) is 12.2. The Bertz CT molecular complexity index is 502. The molecule has 3 rings (SSSR count). The Kier molecular flexibility index (Phi) is 4.51. The van der Waals surface area contributed by atoms with Crippen LogP contribution in [0.1, 0.15) is 36.0 Å². The van der Waals surface area contributed by atoms with Gasteiger partial charge in [-0.3, -0.25) is 4.79 Å². The molecule has 2 bridgehead atoms. The van der Waals surface area contributed by atoms with Crippen molar-refractivity contribution in [2.45, 2.75) is 25.7 Å². The van der Waals surface area contributed by atoms with E-state index in [-0.39, 0.29) is 12.5 Å². The van der Waals surface area contributed by atoms with Crippen LogP contribution in [0.3, 0.4) is 0 Å². The van der Waals surface area contributed by atoms with Gasteiger partial charge in [0.1, 0.15) is 0 Å². The van der Waals surface area contributed by atoms with Gasteiger partial charge in [0, 0.05) is 23.7 Å². The smallest absolute Gasteiger partial charge is 0.253 e. The topological polar surface area (TPSA) is 40.5 Å². The minimum atomic E-state index is 0.00323. The number of hydrogen-bond acceptors (Lipinski definition) is 2. The van der Waals surface area contributed by atoms with E-state index >= 15 is 0 Å². The predicted octanol–water partition coefficient (Wildman–Crippen LogP) is 3.21. The van der Waals surface area contributed by atoms with Gasteiger partial charge in [-0.25, -0.2) is 0 Å². The molecule has 0 aliphatic heterocycles. The molecule has 4 heteroatoms. The minimum Gasteiger partial charge on any atom is -0.395 e. The summed E-state index contributed by atoms with van der Waals surface area (Å²) in [6.07, 6.45) is 5.27. The molecule has 0 aromatic heterocycles. The third-order valence-electron chi connectivity index (χ3n) is 5.09. The number of amides is 1. The van der Waals surface area contributed by atoms with Gasteiger partial charge in [0.05, 0.1) is 6.61 Å². The van der Waals surface area contributed by atoms with Crippen LogP contribution in [-0.2, 0) is 0 Å². The van der Waals surface area contributed by atoms with Crippen LogP contribution in [-0.4, -0.2) is 35.6 Å². The summed E-state index contributed by atoms with van der Waals surface area (Å²) in [5, 5.41) is 9.90. The lowest BCUT2D eigenvalue weighted by Gasteiger charge is -2.29. The van der Waals surface area contributed by atoms with Crippen LogP contribution in [0.5, 0.6) is 0 Å². The molecular weight excluding hydrogens is 286 g/mol. The molecule has 1 N–H and O–H groups in total. The van der Waals surface area contributed by atoms with Crippen LogP contribution >= 0.6 is 11.6 Å². The zero-order valence-corrected chi connectivity index (χ0v) is 12.9. The van der Waals surface area contributed by atoms with Gasteiger partial charge in [-0.2, -0.15) is 0 Å². The second kappa shape index (κ2) is 6.37. The van der Waals surface area contributed by atoms with Crippen molar-refractivity contribution in [3.63, 3.8) is 0 Å². The van der Waals surface area contributed by atoms with E-state index in [9.17, 15) is 9.90 Å². The van der Waals surface area contributed by atoms with Crippen LogP contribution in [0.15, 0.2) is 24.3 Å². The van der Waals surface area contributed by atoms with Crippen molar-refractivity contribution in [1.29, 1.82) is 0 Å². The highest BCUT2D eigenvalue weighted by molar-refractivity contribution is 6.30. The van der Waals surface area contributed by atoms with Gasteiger partial charge in [0.15, 0.2) is 0 Å². The standard InChI is InChI=1S/C17H22ClNO2/c18-16-5-3-13(4-6-16)17(21)19(7-8-20)11-15-10-12-1-2-14(15)9-12/h3-6,12,14-15,20H,1-2,7-11H2. The molecule has 3 nitrogen and oxygen atoms in total. The molecule has 0 heterocycles. The highest BCUT2D eigenvalue weighted by Crippen LogP contribution is 2.48. The first-order valence-electron chi connectivity index (χ1n) is 7.83. The van der Waals surface area contributed by atoms with Crippen LogP contribution in [0.4, 0.5) is 0 Å². The summed E-state index contributed by atoms with van der Waals surface area (Å²) in [4.78, 5) is 14.4. The number of aliphatic hydroxyl groups is 1. The molecule has 3 unspecified atom stereocenters. The molecule has 2 saturated carbocycles. The van der Waals surface area contributed by atoms with E-state index in [2.05, 4.69) is 0 Å². The Hall–Kier alpha value is -1.06. The maximum Gasteiger partial charge on any atom is 0.253 e. The van der Waals surface area contributed by atoms with Gasteiger partial charge < -0.3 is 10.0 Å². The number of nitrogens with zero attached hydrogens (tertiary/aromatic N) is 1. The van der Waals surface area contributed by atoms with Crippen LogP contribution in [0.2, 0.25) is 5.02 Å². The van der Waals surface area contributed by atoms with Crippen molar-refractivity contribution in [1.82, 2.24) is 4.90 Å². The van der Waals surface area contributed by atoms with Crippen molar-refractivity contribution in [2.75, 3.05) is 19.7 Å². The summed E-state index contributed by atoms with van der Waals surface area (Å²) in [5.41, 5.74) is 0.649. The van der Waals surface area contributed by atoms with Crippen LogP contribution < -0.4 is 0 Å². The Labute approximate surface area is 130 Å². The third-order valence-corrected chi connectivity index (χ3v) is 5.34. The first kappa shape index (κ1) is 14.9. The normalized spacial score (nSPS) is 27.0. The molecule has 2 aliphatic rings. The minimum absolute atomic E-state index is 0.00323. The molecule has 2 aliphatic carbocycles. The Balaban J connectivity index is 1.68. The number of fused-ring (bicyclic) bond motifs is 2. The average Bonchev–Trinajstić information content (AvgIpc) is 3.09. The number of carbonyl (C=O) groups excluding carboxylic acids is 1. The van der Waals surface area contributed by atoms with Gasteiger partial charge in [-0.15, -0.1) is 0 Å². The highest BCUT2D eigenvalue weighted by Gasteiger charge is 2.40. The van der Waals surface area contributed by atoms with Gasteiger partial charge >= 0.3 is 0 Å². The molecule has 0 spiro atoms. The Morgan fingerprint density at radius 2 is 2.00 bits per heavy atom. The monoisotopic (exact) mass is 307 g/mol. The Morgan fingerprint density at radius 3 is 2.57 bits per heavy atom. The summed E-state index contributed by atoms with van der Waals surface area (Å²) in [5.74, 6) is 2.28. The van der Waals surface area contributed by atoms with Crippen molar-refractivity contribution < 1.29 is 9.90 Å². The number of carbonyl (C=O) groups is 1. The molecule has 0 radical (unpaired) electrons. The fourth-order valence-electron chi connectivity index (χ4n) is 4.05. The van der Waals surface area contributed by atoms with E-state index in [0.29, 0.717) is 23.0 Å². The molecule has 1 aromatic carbocycles. The third kappa shape index (κ3) is 3.24. The van der Waals surface area contributed by atoms with Gasteiger partial charge in [0.25, 0.3) is 5.91 Å². The molecule has 114 valence electrons. The summed E-state index contributed by atoms with van der Waals surface area (Å²) in [6, 6.07) is 7.00. The maximum absolute atomic E-state index is 12.6. The SMILES string of the molecule is O=C(c1ccc(Cl)cc1)N(CCO)CC1CC2CCC1C2. The second-order valence-electron chi connectivity index (χ2n) is 6.42. The molecule has 1 amide bonds. The van der Waals surface area contributed by atoms with Crippen LogP contribution in [0.25, 0.3) is 0 Å². The second-order valence-corrected chi connectivity index (χ2v) is 6.85. The first-order chi connectivity index (χ1) is 10.2. The van der Waals surface area contributed by atoms with Crippen molar-refractivity contribution >= 4 is 17.5 Å². The van der Waals surface area contributed by atoms with E-state index in [4.69, 9.17) is 11.6 Å². The predicted molar refractivity (Wildman–Crippen MR) is 83.4 cm³/mol. The van der Waals surface area contributed by atoms with E-state index < -0.39 is 0 Å². The number of aliphatic hydroxyl groups excluding tert-OH is 1. The number of halogens is 1. The number of hydrogen-bond donors (Lipinski definition) is 1. The van der Waals surface area contributed by atoms with E-state index in [1.165, 1.54) is 25.7 Å². The molecular formula is C17H22ClNO2. The maximum atomic E-state index is 12.6. The molecule has 1 aromatic rings. The highest BCUT2D eigenvalue weighted by atomic mass is 35.5. The number of benzene rings is 1. The van der Waals surface area contributed by atoms with E-state index in [1.54, 1.807) is 24.3 Å². The molecule has 2 fully saturated rings. The van der Waals surface area contributed by atoms with Gasteiger partial charge in [0.2, 0.25) is 0 Å². The summed E-state index contributed by atoms with van der Waals surface area (Å²) < 4.78 is 0. The summed E-state index contributed by atoms with van der Waals surface area (Å²) in [7, 11) is 0. The van der Waals surface area contributed by atoms with Crippen LogP contribution in [0, 0.1) is 17.8 Å². The summed E-state index contributed by atoms with van der Waals surface area (Å²) in [6.45, 7) is 1.21. The number of rotatable bonds is 5. The lowest BCUT2D eigenvalue weighted by atomic mass is 9.88. The van der Waals surface area contributed by atoms with E-state index in [1.807, 2.05) is 4.90 Å². The molecule has 0 saturated heterocycles. The van der Waals surface area contributed by atoms with Crippen molar-refractivity contribution in [2.24, 2.45) is 17.8 Å². The average molecular weight is 308 g/mol. The molecule has 21 heavy (non-hydrogen) atoms. The van der Waals surface area contributed by atoms with Crippen molar-refractivity contribution in [3.8, 4) is 0 Å². The van der Waals surface area contributed by atoms with Crippen molar-refractivity contribution in [3.05, 3.63) is 34.9 Å². The van der Waals surface area contributed by atoms with E-state index in [0.717, 1.165) is 18.4 Å². The van der Waals surface area contributed by atoms with Gasteiger partial charge in [-0.1, -0.05) is 18.0 Å². The zero-order chi connectivity index (χ0) is 14.8. The Morgan fingerprint density at radius 1 is 1.24 bits per heavy atom. The van der Waals surface area contributed by atoms with Gasteiger partial charge in [-0.05, 0) is 61.3 Å². The largest absolute Gasteiger partial charge is 0.395 e. The quantitative estimate of drug-likeness (QED) is 0.907. The molecule has 3 atom stereocenters. The fraction of sp³-hybridized carbons (Fsp3) is 0.588. The fourth-order valence-corrected chi connectivity index (χ4v) is 4.18. The lowest BCUT2D eigenvalue weighted by Crippen LogP contribution is -2.38. The summed E-state index contributed by atoms with van der Waals surface area (Å²) >= 11 is 5.87.